The van der Waals surface area contributed by atoms with Gasteiger partial charge in [0.05, 0.1) is 11.3 Å². The molecule has 1 fully saturated rings. The summed E-state index contributed by atoms with van der Waals surface area (Å²) in [6.45, 7) is 6.35. The first kappa shape index (κ1) is 18.8. The lowest BCUT2D eigenvalue weighted by Crippen LogP contribution is -2.28. The Morgan fingerprint density at radius 1 is 1.00 bits per heavy atom. The second-order valence-corrected chi connectivity index (χ2v) is 8.42. The van der Waals surface area contributed by atoms with Gasteiger partial charge in [-0.3, -0.25) is 9.69 Å². The molecule has 0 spiro atoms. The zero-order valence-corrected chi connectivity index (χ0v) is 15.6. The summed E-state index contributed by atoms with van der Waals surface area (Å²) in [5.41, 5.74) is 1.62. The average Bonchev–Trinajstić information content (AvgIpc) is 2.95. The molecular weight excluding hydrogens is 359 g/mol. The van der Waals surface area contributed by atoms with Crippen LogP contribution in [-0.4, -0.2) is 11.7 Å². The van der Waals surface area contributed by atoms with E-state index in [-0.39, 0.29) is 28.1 Å². The van der Waals surface area contributed by atoms with Gasteiger partial charge in [-0.25, -0.2) is 0 Å². The number of anilines is 1. The van der Waals surface area contributed by atoms with Crippen LogP contribution in [0.1, 0.15) is 42.8 Å². The van der Waals surface area contributed by atoms with Gasteiger partial charge in [0.15, 0.2) is 0 Å². The predicted octanol–water partition coefficient (Wildman–Crippen LogP) is 5.78. The molecule has 1 amide bonds. The topological polar surface area (TPSA) is 20.3 Å². The Bertz CT molecular complexity index is 809. The Balaban J connectivity index is 1.95. The van der Waals surface area contributed by atoms with Crippen molar-refractivity contribution in [1.82, 2.24) is 0 Å². The van der Waals surface area contributed by atoms with Gasteiger partial charge in [0.1, 0.15) is 5.37 Å². The number of carbonyl (C=O) groups is 1. The van der Waals surface area contributed by atoms with Crippen molar-refractivity contribution < 1.29 is 18.0 Å². The summed E-state index contributed by atoms with van der Waals surface area (Å²) in [7, 11) is 0. The van der Waals surface area contributed by atoms with Crippen LogP contribution < -0.4 is 4.90 Å². The number of thioether (sulfide) groups is 1. The number of rotatable bonds is 2. The lowest BCUT2D eigenvalue weighted by molar-refractivity contribution is -0.137. The van der Waals surface area contributed by atoms with Crippen LogP contribution in [0.5, 0.6) is 0 Å². The largest absolute Gasteiger partial charge is 0.416 e. The summed E-state index contributed by atoms with van der Waals surface area (Å²) >= 11 is 1.43. The molecule has 3 rings (SSSR count). The molecule has 0 aromatic heterocycles. The molecule has 0 radical (unpaired) electrons. The molecule has 6 heteroatoms. The predicted molar refractivity (Wildman–Crippen MR) is 99.3 cm³/mol. The third-order valence-electron chi connectivity index (χ3n) is 4.38. The smallest absolute Gasteiger partial charge is 0.295 e. The quantitative estimate of drug-likeness (QED) is 0.659. The van der Waals surface area contributed by atoms with Gasteiger partial charge in [0, 0.05) is 5.69 Å². The van der Waals surface area contributed by atoms with Gasteiger partial charge in [0.2, 0.25) is 5.91 Å². The third-order valence-corrected chi connectivity index (χ3v) is 5.59. The van der Waals surface area contributed by atoms with Gasteiger partial charge in [-0.2, -0.15) is 13.2 Å². The fourth-order valence-electron chi connectivity index (χ4n) is 2.93. The van der Waals surface area contributed by atoms with Gasteiger partial charge in [-0.05, 0) is 34.7 Å². The molecular formula is C20H20F3NOS. The molecule has 2 aromatic carbocycles. The fraction of sp³-hybridized carbons (Fsp3) is 0.350. The van der Waals surface area contributed by atoms with Crippen LogP contribution in [0.4, 0.5) is 18.9 Å². The second-order valence-electron chi connectivity index (χ2n) is 7.35. The summed E-state index contributed by atoms with van der Waals surface area (Å²) < 4.78 is 39.1. The van der Waals surface area contributed by atoms with Crippen molar-refractivity contribution in [2.45, 2.75) is 37.7 Å². The first-order valence-electron chi connectivity index (χ1n) is 8.29. The number of carbonyl (C=O) groups excluding carboxylic acids is 1. The van der Waals surface area contributed by atoms with Crippen molar-refractivity contribution in [2.75, 3.05) is 10.7 Å². The van der Waals surface area contributed by atoms with E-state index in [0.29, 0.717) is 0 Å². The normalized spacial score (nSPS) is 18.5. The second kappa shape index (κ2) is 6.65. The third kappa shape index (κ3) is 3.75. The first-order chi connectivity index (χ1) is 12.1. The minimum Gasteiger partial charge on any atom is -0.295 e. The Morgan fingerprint density at radius 3 is 2.23 bits per heavy atom. The van der Waals surface area contributed by atoms with E-state index in [9.17, 15) is 18.0 Å². The van der Waals surface area contributed by atoms with Crippen molar-refractivity contribution in [3.63, 3.8) is 0 Å². The Labute approximate surface area is 155 Å². The number of alkyl halides is 3. The van der Waals surface area contributed by atoms with Crippen LogP contribution in [-0.2, 0) is 16.4 Å². The van der Waals surface area contributed by atoms with Crippen LogP contribution in [0.15, 0.2) is 48.5 Å². The molecule has 26 heavy (non-hydrogen) atoms. The summed E-state index contributed by atoms with van der Waals surface area (Å²) in [5.74, 6) is 0.0706. The van der Waals surface area contributed by atoms with Gasteiger partial charge in [-0.1, -0.05) is 51.1 Å². The zero-order chi connectivity index (χ0) is 19.1. The van der Waals surface area contributed by atoms with E-state index in [0.717, 1.165) is 17.7 Å². The lowest BCUT2D eigenvalue weighted by atomic mass is 9.86. The van der Waals surface area contributed by atoms with Crippen molar-refractivity contribution in [2.24, 2.45) is 0 Å². The highest BCUT2D eigenvalue weighted by molar-refractivity contribution is 8.00. The maximum absolute atomic E-state index is 13.0. The van der Waals surface area contributed by atoms with E-state index in [1.54, 1.807) is 6.07 Å². The van der Waals surface area contributed by atoms with Crippen LogP contribution in [0.3, 0.4) is 0 Å². The van der Waals surface area contributed by atoms with Gasteiger partial charge in [-0.15, -0.1) is 11.8 Å². The standard InChI is InChI=1S/C20H20F3NOS/c1-19(2,3)14-9-7-13(8-10-14)18-24(17(25)12-26-18)16-6-4-5-15(11-16)20(21,22)23/h4-11,18H,12H2,1-3H3/t18-/m1/s1. The molecule has 138 valence electrons. The lowest BCUT2D eigenvalue weighted by Gasteiger charge is -2.26. The molecule has 0 unspecified atom stereocenters. The minimum absolute atomic E-state index is 0.0118. The highest BCUT2D eigenvalue weighted by atomic mass is 32.2. The average molecular weight is 379 g/mol. The van der Waals surface area contributed by atoms with E-state index in [1.807, 2.05) is 24.3 Å². The number of hydrogen-bond acceptors (Lipinski definition) is 2. The number of halogens is 3. The number of nitrogens with zero attached hydrogens (tertiary/aromatic N) is 1. The Kier molecular flexibility index (Phi) is 4.82. The van der Waals surface area contributed by atoms with Crippen molar-refractivity contribution in [1.29, 1.82) is 0 Å². The molecule has 1 aliphatic heterocycles. The van der Waals surface area contributed by atoms with E-state index < -0.39 is 11.7 Å². The fourth-order valence-corrected chi connectivity index (χ4v) is 4.11. The van der Waals surface area contributed by atoms with Gasteiger partial charge < -0.3 is 0 Å². The maximum Gasteiger partial charge on any atom is 0.416 e. The van der Waals surface area contributed by atoms with E-state index >= 15 is 0 Å². The van der Waals surface area contributed by atoms with E-state index in [2.05, 4.69) is 20.8 Å². The van der Waals surface area contributed by atoms with Crippen molar-refractivity contribution >= 4 is 23.4 Å². The summed E-state index contributed by atoms with van der Waals surface area (Å²) in [5, 5.41) is -0.319. The summed E-state index contributed by atoms with van der Waals surface area (Å²) in [4.78, 5) is 13.8. The van der Waals surface area contributed by atoms with Crippen molar-refractivity contribution in [3.05, 3.63) is 65.2 Å². The van der Waals surface area contributed by atoms with Gasteiger partial charge >= 0.3 is 6.18 Å². The van der Waals surface area contributed by atoms with Crippen LogP contribution in [0.25, 0.3) is 0 Å². The highest BCUT2D eigenvalue weighted by Crippen LogP contribution is 2.43. The first-order valence-corrected chi connectivity index (χ1v) is 9.33. The molecule has 1 saturated heterocycles. The number of hydrogen-bond donors (Lipinski definition) is 0. The van der Waals surface area contributed by atoms with Crippen LogP contribution in [0, 0.1) is 0 Å². The molecule has 0 bridgehead atoms. The van der Waals surface area contributed by atoms with Gasteiger partial charge in [0.25, 0.3) is 0 Å². The zero-order valence-electron chi connectivity index (χ0n) is 14.8. The number of benzene rings is 2. The molecule has 2 nitrogen and oxygen atoms in total. The molecule has 1 aliphatic rings. The molecule has 0 aliphatic carbocycles. The Hall–Kier alpha value is -1.95. The van der Waals surface area contributed by atoms with E-state index in [4.69, 9.17) is 0 Å². The molecule has 0 N–H and O–H groups in total. The Morgan fingerprint density at radius 2 is 1.65 bits per heavy atom. The SMILES string of the molecule is CC(C)(C)c1ccc([C@H]2SCC(=O)N2c2cccc(C(F)(F)F)c2)cc1. The number of amides is 1. The van der Waals surface area contributed by atoms with Crippen LogP contribution >= 0.6 is 11.8 Å². The van der Waals surface area contributed by atoms with Crippen LogP contribution in [0.2, 0.25) is 0 Å². The summed E-state index contributed by atoms with van der Waals surface area (Å²) in [6, 6.07) is 12.9. The monoisotopic (exact) mass is 379 g/mol. The molecule has 1 heterocycles. The molecule has 2 aromatic rings. The molecule has 1 atom stereocenters. The van der Waals surface area contributed by atoms with E-state index in [1.165, 1.54) is 28.3 Å². The molecule has 0 saturated carbocycles. The highest BCUT2D eigenvalue weighted by Gasteiger charge is 2.36. The van der Waals surface area contributed by atoms with Crippen molar-refractivity contribution in [3.8, 4) is 0 Å². The minimum atomic E-state index is -4.43. The maximum atomic E-state index is 13.0. The summed E-state index contributed by atoms with van der Waals surface area (Å²) in [6.07, 6.45) is -4.43.